The van der Waals surface area contributed by atoms with Gasteiger partial charge in [0.05, 0.1) is 15.5 Å². The summed E-state index contributed by atoms with van der Waals surface area (Å²) in [7, 11) is 0. The third-order valence-corrected chi connectivity index (χ3v) is 6.85. The molecule has 18 heavy (non-hydrogen) atoms. The van der Waals surface area contributed by atoms with Gasteiger partial charge < -0.3 is 9.84 Å². The van der Waals surface area contributed by atoms with Crippen molar-refractivity contribution in [3.63, 3.8) is 0 Å². The van der Waals surface area contributed by atoms with Crippen LogP contribution in [0, 0.1) is 5.92 Å². The molecule has 2 saturated heterocycles. The second-order valence-electron chi connectivity index (χ2n) is 5.17. The average molecular weight is 349 g/mol. The van der Waals surface area contributed by atoms with Crippen molar-refractivity contribution in [1.29, 1.82) is 0 Å². The summed E-state index contributed by atoms with van der Waals surface area (Å²) < 4.78 is 7.10. The summed E-state index contributed by atoms with van der Waals surface area (Å²) in [6.45, 7) is 0.800. The Balaban J connectivity index is 1.72. The molecular weight excluding hydrogens is 332 g/mol. The molecule has 3 heterocycles. The van der Waals surface area contributed by atoms with Gasteiger partial charge in [-0.1, -0.05) is 0 Å². The first-order chi connectivity index (χ1) is 8.69. The smallest absolute Gasteiger partial charge is 0.0912 e. The minimum Gasteiger partial charge on any atom is -0.387 e. The number of thiophene rings is 1. The molecule has 2 aliphatic rings. The van der Waals surface area contributed by atoms with Crippen molar-refractivity contribution < 1.29 is 9.84 Å². The van der Waals surface area contributed by atoms with Crippen molar-refractivity contribution in [2.45, 2.75) is 31.0 Å². The maximum Gasteiger partial charge on any atom is 0.0912 e. The van der Waals surface area contributed by atoms with Gasteiger partial charge in [0.25, 0.3) is 0 Å². The Bertz CT molecular complexity index is 415. The molecule has 3 rings (SSSR count). The van der Waals surface area contributed by atoms with E-state index in [9.17, 15) is 5.11 Å². The monoisotopic (exact) mass is 348 g/mol. The highest BCUT2D eigenvalue weighted by Gasteiger charge is 2.42. The largest absolute Gasteiger partial charge is 0.387 e. The fourth-order valence-electron chi connectivity index (χ4n) is 2.92. The van der Waals surface area contributed by atoms with Gasteiger partial charge >= 0.3 is 0 Å². The zero-order valence-corrected chi connectivity index (χ0v) is 13.3. The molecule has 0 radical (unpaired) electrons. The van der Waals surface area contributed by atoms with Crippen LogP contribution in [0.4, 0.5) is 0 Å². The van der Waals surface area contributed by atoms with Crippen LogP contribution in [-0.4, -0.2) is 28.8 Å². The molecular formula is C13H17BrO2S2. The van der Waals surface area contributed by atoms with Gasteiger partial charge in [0.1, 0.15) is 0 Å². The third-order valence-electron chi connectivity index (χ3n) is 3.93. The van der Waals surface area contributed by atoms with Crippen LogP contribution in [0.5, 0.6) is 0 Å². The summed E-state index contributed by atoms with van der Waals surface area (Å²) in [4.78, 5) is 1.08. The van der Waals surface area contributed by atoms with Gasteiger partial charge in [-0.3, -0.25) is 0 Å². The van der Waals surface area contributed by atoms with E-state index in [1.807, 2.05) is 23.9 Å². The van der Waals surface area contributed by atoms with E-state index in [0.29, 0.717) is 5.92 Å². The second-order valence-corrected chi connectivity index (χ2v) is 8.77. The number of hydrogen-bond acceptors (Lipinski definition) is 4. The van der Waals surface area contributed by atoms with E-state index < -0.39 is 0 Å². The molecule has 0 aliphatic carbocycles. The summed E-state index contributed by atoms with van der Waals surface area (Å²) >= 11 is 7.09. The van der Waals surface area contributed by atoms with E-state index in [-0.39, 0.29) is 11.7 Å². The van der Waals surface area contributed by atoms with Crippen molar-refractivity contribution in [2.75, 3.05) is 18.1 Å². The van der Waals surface area contributed by atoms with Crippen LogP contribution >= 0.6 is 39.0 Å². The first-order valence-electron chi connectivity index (χ1n) is 6.34. The van der Waals surface area contributed by atoms with Gasteiger partial charge in [-0.15, -0.1) is 11.3 Å². The number of aliphatic hydroxyl groups is 1. The van der Waals surface area contributed by atoms with E-state index in [2.05, 4.69) is 15.9 Å². The lowest BCUT2D eigenvalue weighted by Crippen LogP contribution is -2.41. The molecule has 1 aromatic rings. The van der Waals surface area contributed by atoms with Crippen LogP contribution < -0.4 is 0 Å². The van der Waals surface area contributed by atoms with Crippen LogP contribution in [0.1, 0.15) is 30.2 Å². The van der Waals surface area contributed by atoms with E-state index in [4.69, 9.17) is 4.74 Å². The lowest BCUT2D eigenvalue weighted by atomic mass is 9.82. The second kappa shape index (κ2) is 5.44. The highest BCUT2D eigenvalue weighted by atomic mass is 79.9. The van der Waals surface area contributed by atoms with E-state index >= 15 is 0 Å². The lowest BCUT2D eigenvalue weighted by Gasteiger charge is -2.39. The summed E-state index contributed by atoms with van der Waals surface area (Å²) in [5.74, 6) is 2.65. The zero-order chi connectivity index (χ0) is 12.6. The Morgan fingerprint density at radius 2 is 2.39 bits per heavy atom. The molecule has 1 N–H and O–H groups in total. The van der Waals surface area contributed by atoms with Crippen LogP contribution in [0.2, 0.25) is 0 Å². The van der Waals surface area contributed by atoms with Crippen molar-refractivity contribution in [1.82, 2.24) is 0 Å². The SMILES string of the molecule is OC(c1ccc(Br)s1)C1CCOC2(CCSC2)C1. The fraction of sp³-hybridized carbons (Fsp3) is 0.692. The summed E-state index contributed by atoms with van der Waals surface area (Å²) in [5, 5.41) is 10.5. The Morgan fingerprint density at radius 1 is 1.50 bits per heavy atom. The molecule has 0 amide bonds. The maximum absolute atomic E-state index is 10.5. The molecule has 2 nitrogen and oxygen atoms in total. The van der Waals surface area contributed by atoms with Crippen LogP contribution in [-0.2, 0) is 4.74 Å². The number of rotatable bonds is 2. The van der Waals surface area contributed by atoms with Gasteiger partial charge in [-0.2, -0.15) is 11.8 Å². The summed E-state index contributed by atoms with van der Waals surface area (Å²) in [6, 6.07) is 4.05. The standard InChI is InChI=1S/C13H17BrO2S2/c14-11-2-1-10(18-11)12(15)9-3-5-16-13(7-9)4-6-17-8-13/h1-2,9,12,15H,3-8H2. The Labute approximate surface area is 124 Å². The molecule has 0 saturated carbocycles. The Morgan fingerprint density at radius 3 is 3.06 bits per heavy atom. The molecule has 5 heteroatoms. The Kier molecular flexibility index (Phi) is 4.06. The summed E-state index contributed by atoms with van der Waals surface area (Å²) in [6.07, 6.45) is 2.81. The zero-order valence-electron chi connectivity index (χ0n) is 10.1. The number of hydrogen-bond donors (Lipinski definition) is 1. The summed E-state index contributed by atoms with van der Waals surface area (Å²) in [5.41, 5.74) is 0.0586. The molecule has 100 valence electrons. The van der Waals surface area contributed by atoms with E-state index in [0.717, 1.165) is 40.3 Å². The third kappa shape index (κ3) is 2.66. The van der Waals surface area contributed by atoms with Crippen molar-refractivity contribution in [3.05, 3.63) is 20.8 Å². The molecule has 2 fully saturated rings. The number of thioether (sulfide) groups is 1. The molecule has 0 bridgehead atoms. The van der Waals surface area contributed by atoms with Gasteiger partial charge in [-0.25, -0.2) is 0 Å². The van der Waals surface area contributed by atoms with Crippen molar-refractivity contribution in [3.8, 4) is 0 Å². The number of aliphatic hydroxyl groups excluding tert-OH is 1. The first kappa shape index (κ1) is 13.4. The van der Waals surface area contributed by atoms with Gasteiger partial charge in [0.15, 0.2) is 0 Å². The van der Waals surface area contributed by atoms with E-state index in [1.54, 1.807) is 11.3 Å². The Hall–Kier alpha value is 0.450. The van der Waals surface area contributed by atoms with Gasteiger partial charge in [0.2, 0.25) is 0 Å². The van der Waals surface area contributed by atoms with Gasteiger partial charge in [0, 0.05) is 17.2 Å². The quantitative estimate of drug-likeness (QED) is 0.880. The van der Waals surface area contributed by atoms with Gasteiger partial charge in [-0.05, 0) is 59.0 Å². The first-order valence-corrected chi connectivity index (χ1v) is 9.10. The normalized spacial score (nSPS) is 34.0. The minimum atomic E-state index is -0.326. The predicted molar refractivity (Wildman–Crippen MR) is 80.3 cm³/mol. The molecule has 2 aliphatic heterocycles. The van der Waals surface area contributed by atoms with Crippen LogP contribution in [0.3, 0.4) is 0 Å². The highest BCUT2D eigenvalue weighted by Crippen LogP contribution is 2.45. The maximum atomic E-state index is 10.5. The number of ether oxygens (including phenoxy) is 1. The topological polar surface area (TPSA) is 29.5 Å². The molecule has 3 atom stereocenters. The average Bonchev–Trinajstić information content (AvgIpc) is 2.98. The van der Waals surface area contributed by atoms with E-state index in [1.165, 1.54) is 5.75 Å². The molecule has 3 unspecified atom stereocenters. The van der Waals surface area contributed by atoms with Crippen molar-refractivity contribution in [2.24, 2.45) is 5.92 Å². The van der Waals surface area contributed by atoms with Crippen LogP contribution in [0.25, 0.3) is 0 Å². The molecule has 1 aromatic heterocycles. The molecule has 1 spiro atoms. The minimum absolute atomic E-state index is 0.0586. The molecule has 0 aromatic carbocycles. The fourth-order valence-corrected chi connectivity index (χ4v) is 5.80. The van der Waals surface area contributed by atoms with Crippen molar-refractivity contribution >= 4 is 39.0 Å². The number of halogens is 1. The predicted octanol–water partition coefficient (Wildman–Crippen LogP) is 3.85. The highest BCUT2D eigenvalue weighted by molar-refractivity contribution is 9.11. The van der Waals surface area contributed by atoms with Crippen LogP contribution in [0.15, 0.2) is 15.9 Å². The lowest BCUT2D eigenvalue weighted by molar-refractivity contribution is -0.101.